The van der Waals surface area contributed by atoms with E-state index >= 15 is 0 Å². The average Bonchev–Trinajstić information content (AvgIpc) is 2.75. The summed E-state index contributed by atoms with van der Waals surface area (Å²) in [6.07, 6.45) is 4.25. The van der Waals surface area contributed by atoms with Gasteiger partial charge in [0.15, 0.2) is 5.75 Å². The van der Waals surface area contributed by atoms with Gasteiger partial charge in [0.25, 0.3) is 5.69 Å². The molecular formula is C22H18N4O5. The van der Waals surface area contributed by atoms with Crippen molar-refractivity contribution in [3.63, 3.8) is 0 Å². The molecule has 0 radical (unpaired) electrons. The summed E-state index contributed by atoms with van der Waals surface area (Å²) in [5.41, 5.74) is 3.13. The molecule has 1 amide bonds. The van der Waals surface area contributed by atoms with Crippen LogP contribution in [0.2, 0.25) is 0 Å². The molecule has 0 fully saturated rings. The first kappa shape index (κ1) is 20.0. The molecule has 0 saturated heterocycles. The van der Waals surface area contributed by atoms with Crippen LogP contribution in [-0.4, -0.2) is 34.9 Å². The third kappa shape index (κ3) is 4.84. The predicted octanol–water partition coefficient (Wildman–Crippen LogP) is 2.94. The Bertz CT molecular complexity index is 1130. The van der Waals surface area contributed by atoms with Gasteiger partial charge in [-0.05, 0) is 47.9 Å². The minimum Gasteiger partial charge on any atom is -0.423 e. The first-order chi connectivity index (χ1) is 15.0. The number of benzene rings is 2. The molecule has 0 saturated carbocycles. The molecule has 0 bridgehead atoms. The molecule has 1 aliphatic heterocycles. The van der Waals surface area contributed by atoms with Crippen LogP contribution in [0, 0.1) is 10.1 Å². The van der Waals surface area contributed by atoms with E-state index in [-0.39, 0.29) is 30.4 Å². The van der Waals surface area contributed by atoms with E-state index in [9.17, 15) is 19.7 Å². The number of hydrogen-bond acceptors (Lipinski definition) is 7. The van der Waals surface area contributed by atoms with Gasteiger partial charge in [0.05, 0.1) is 23.2 Å². The van der Waals surface area contributed by atoms with Crippen molar-refractivity contribution < 1.29 is 19.2 Å². The number of carbonyl (C=O) groups is 2. The van der Waals surface area contributed by atoms with Gasteiger partial charge in [0.2, 0.25) is 5.91 Å². The van der Waals surface area contributed by atoms with Crippen LogP contribution in [0.4, 0.5) is 17.1 Å². The van der Waals surface area contributed by atoms with E-state index in [1.807, 2.05) is 36.4 Å². The van der Waals surface area contributed by atoms with E-state index < -0.39 is 10.9 Å². The summed E-state index contributed by atoms with van der Waals surface area (Å²) in [7, 11) is 0. The van der Waals surface area contributed by atoms with Crippen LogP contribution in [0.5, 0.6) is 5.75 Å². The number of esters is 1. The number of anilines is 2. The van der Waals surface area contributed by atoms with Crippen LogP contribution in [0.1, 0.15) is 11.1 Å². The van der Waals surface area contributed by atoms with Gasteiger partial charge in [-0.2, -0.15) is 0 Å². The van der Waals surface area contributed by atoms with Gasteiger partial charge in [-0.25, -0.2) is 4.79 Å². The zero-order valence-corrected chi connectivity index (χ0v) is 16.4. The summed E-state index contributed by atoms with van der Waals surface area (Å²) in [6.45, 7) is -0.220. The fourth-order valence-electron chi connectivity index (χ4n) is 3.31. The molecule has 9 nitrogen and oxygen atoms in total. The van der Waals surface area contributed by atoms with Gasteiger partial charge >= 0.3 is 5.97 Å². The fourth-order valence-corrected chi connectivity index (χ4v) is 3.31. The number of carbonyl (C=O) groups excluding carboxylic acids is 2. The van der Waals surface area contributed by atoms with E-state index in [0.717, 1.165) is 17.5 Å². The molecule has 2 heterocycles. The number of fused-ring (bicyclic) bond motifs is 1. The number of nitrogens with zero attached hydrogens (tertiary/aromatic N) is 3. The molecule has 1 aliphatic rings. The second kappa shape index (κ2) is 8.62. The number of nitro groups is 1. The number of hydrogen-bond donors (Lipinski definition) is 1. The summed E-state index contributed by atoms with van der Waals surface area (Å²) in [4.78, 5) is 40.3. The molecule has 1 aromatic heterocycles. The Morgan fingerprint density at radius 3 is 2.52 bits per heavy atom. The molecule has 0 aliphatic carbocycles. The van der Waals surface area contributed by atoms with Crippen molar-refractivity contribution in [1.29, 1.82) is 0 Å². The van der Waals surface area contributed by atoms with Crippen LogP contribution in [0.25, 0.3) is 0 Å². The Morgan fingerprint density at radius 1 is 1.10 bits per heavy atom. The molecule has 1 N–H and O–H groups in total. The number of rotatable bonds is 6. The summed E-state index contributed by atoms with van der Waals surface area (Å²) in [5.74, 6) is -0.833. The fraction of sp³-hybridized carbons (Fsp3) is 0.136. The van der Waals surface area contributed by atoms with Crippen molar-refractivity contribution in [1.82, 2.24) is 4.98 Å². The second-order valence-electron chi connectivity index (χ2n) is 7.02. The van der Waals surface area contributed by atoms with Crippen molar-refractivity contribution in [2.45, 2.75) is 6.42 Å². The number of nitro benzene ring substituents is 1. The zero-order chi connectivity index (χ0) is 21.8. The van der Waals surface area contributed by atoms with E-state index in [0.29, 0.717) is 11.4 Å². The highest BCUT2D eigenvalue weighted by Gasteiger charge is 2.27. The van der Waals surface area contributed by atoms with Crippen molar-refractivity contribution in [2.75, 3.05) is 23.3 Å². The minimum atomic E-state index is -0.582. The lowest BCUT2D eigenvalue weighted by Crippen LogP contribution is -2.41. The molecule has 0 spiro atoms. The van der Waals surface area contributed by atoms with Gasteiger partial charge in [-0.1, -0.05) is 12.1 Å². The SMILES string of the molecule is O=C(CN1CC(=O)Oc2cc([N+](=O)[O-])ccc21)Nc1ccc(Cc2ccncc2)cc1. The predicted molar refractivity (Wildman–Crippen MR) is 113 cm³/mol. The normalized spacial score (nSPS) is 12.6. The van der Waals surface area contributed by atoms with Crippen molar-refractivity contribution in [2.24, 2.45) is 0 Å². The summed E-state index contributed by atoms with van der Waals surface area (Å²) in [5, 5.41) is 13.7. The van der Waals surface area contributed by atoms with Crippen molar-refractivity contribution in [3.8, 4) is 5.75 Å². The lowest BCUT2D eigenvalue weighted by Gasteiger charge is -2.28. The molecule has 0 unspecified atom stereocenters. The van der Waals surface area contributed by atoms with Crippen LogP contribution in [0.3, 0.4) is 0 Å². The summed E-state index contributed by atoms with van der Waals surface area (Å²) < 4.78 is 5.09. The Labute approximate surface area is 177 Å². The van der Waals surface area contributed by atoms with E-state index in [1.165, 1.54) is 23.1 Å². The van der Waals surface area contributed by atoms with Gasteiger partial charge in [-0.3, -0.25) is 19.9 Å². The number of aromatic nitrogens is 1. The van der Waals surface area contributed by atoms with Crippen LogP contribution < -0.4 is 15.0 Å². The first-order valence-electron chi connectivity index (χ1n) is 9.50. The Hall–Kier alpha value is -4.27. The third-order valence-electron chi connectivity index (χ3n) is 4.77. The second-order valence-corrected chi connectivity index (χ2v) is 7.02. The molecule has 31 heavy (non-hydrogen) atoms. The highest BCUT2D eigenvalue weighted by molar-refractivity contribution is 5.96. The number of non-ortho nitro benzene ring substituents is 1. The van der Waals surface area contributed by atoms with Gasteiger partial charge in [0.1, 0.15) is 6.54 Å². The largest absolute Gasteiger partial charge is 0.423 e. The summed E-state index contributed by atoms with van der Waals surface area (Å²) >= 11 is 0. The van der Waals surface area contributed by atoms with Crippen molar-refractivity contribution >= 4 is 28.9 Å². The van der Waals surface area contributed by atoms with Gasteiger partial charge < -0.3 is 15.0 Å². The summed E-state index contributed by atoms with van der Waals surface area (Å²) in [6, 6.07) is 15.4. The van der Waals surface area contributed by atoms with Crippen molar-refractivity contribution in [3.05, 3.63) is 88.2 Å². The van der Waals surface area contributed by atoms with Crippen LogP contribution in [0.15, 0.2) is 67.0 Å². The quantitative estimate of drug-likeness (QED) is 0.283. The molecule has 0 atom stereocenters. The van der Waals surface area contributed by atoms with Crippen LogP contribution >= 0.6 is 0 Å². The van der Waals surface area contributed by atoms with Gasteiger partial charge in [0, 0.05) is 24.1 Å². The molecule has 3 aromatic rings. The molecule has 156 valence electrons. The standard InChI is InChI=1S/C22H18N4O5/c27-21(24-17-3-1-15(2-4-17)11-16-7-9-23-10-8-16)13-25-14-22(28)31-20-12-18(26(29)30)5-6-19(20)25/h1-10,12H,11,13-14H2,(H,24,27). The number of amides is 1. The maximum Gasteiger partial charge on any atom is 0.331 e. The third-order valence-corrected chi connectivity index (χ3v) is 4.77. The lowest BCUT2D eigenvalue weighted by molar-refractivity contribution is -0.384. The topological polar surface area (TPSA) is 115 Å². The Kier molecular flexibility index (Phi) is 5.57. The Morgan fingerprint density at radius 2 is 1.81 bits per heavy atom. The Balaban J connectivity index is 1.41. The smallest absolute Gasteiger partial charge is 0.331 e. The van der Waals surface area contributed by atoms with E-state index in [4.69, 9.17) is 4.74 Å². The molecule has 9 heteroatoms. The van der Waals surface area contributed by atoms with Gasteiger partial charge in [-0.15, -0.1) is 0 Å². The van der Waals surface area contributed by atoms with E-state index in [2.05, 4.69) is 10.3 Å². The molecule has 2 aromatic carbocycles. The van der Waals surface area contributed by atoms with E-state index in [1.54, 1.807) is 12.4 Å². The average molecular weight is 418 g/mol. The number of pyridine rings is 1. The van der Waals surface area contributed by atoms with Crippen LogP contribution in [-0.2, 0) is 16.0 Å². The monoisotopic (exact) mass is 418 g/mol. The minimum absolute atomic E-state index is 0.0683. The highest BCUT2D eigenvalue weighted by Crippen LogP contribution is 2.35. The molecule has 4 rings (SSSR count). The lowest BCUT2D eigenvalue weighted by atomic mass is 10.1. The maximum atomic E-state index is 12.5. The number of nitrogens with one attached hydrogen (secondary N) is 1. The highest BCUT2D eigenvalue weighted by atomic mass is 16.6. The zero-order valence-electron chi connectivity index (χ0n) is 16.4. The number of ether oxygens (including phenoxy) is 1. The molecular weight excluding hydrogens is 400 g/mol. The first-order valence-corrected chi connectivity index (χ1v) is 9.50. The maximum absolute atomic E-state index is 12.5.